The van der Waals surface area contributed by atoms with Gasteiger partial charge < -0.3 is 0 Å². The van der Waals surface area contributed by atoms with E-state index in [1.54, 1.807) is 11.3 Å². The number of thiophene rings is 3. The zero-order valence-corrected chi connectivity index (χ0v) is 13.0. The van der Waals surface area contributed by atoms with Crippen molar-refractivity contribution in [3.63, 3.8) is 0 Å². The highest BCUT2D eigenvalue weighted by molar-refractivity contribution is 7.80. The molecule has 0 aliphatic carbocycles. The summed E-state index contributed by atoms with van der Waals surface area (Å²) in [5.74, 6) is 0.921. The molecule has 0 bridgehead atoms. The second-order valence-corrected chi connectivity index (χ2v) is 7.53. The first kappa shape index (κ1) is 12.5. The van der Waals surface area contributed by atoms with Crippen LogP contribution in [-0.2, 0) is 6.42 Å². The zero-order chi connectivity index (χ0) is 12.4. The molecule has 3 aromatic rings. The summed E-state index contributed by atoms with van der Waals surface area (Å²) in [5.41, 5.74) is 0. The van der Waals surface area contributed by atoms with Crippen LogP contribution in [0.2, 0.25) is 0 Å². The third-order valence-corrected chi connectivity index (χ3v) is 6.35. The molecule has 0 saturated heterocycles. The number of rotatable bonds is 4. The average molecular weight is 309 g/mol. The van der Waals surface area contributed by atoms with Crippen molar-refractivity contribution in [1.82, 2.24) is 0 Å². The Morgan fingerprint density at radius 3 is 2.28 bits per heavy atom. The van der Waals surface area contributed by atoms with Gasteiger partial charge in [0.15, 0.2) is 0 Å². The normalized spacial score (nSPS) is 10.9. The van der Waals surface area contributed by atoms with E-state index in [4.69, 9.17) is 0 Å². The molecule has 3 aromatic heterocycles. The first-order valence-corrected chi connectivity index (χ1v) is 8.85. The van der Waals surface area contributed by atoms with Crippen molar-refractivity contribution in [1.29, 1.82) is 0 Å². The van der Waals surface area contributed by atoms with Crippen LogP contribution in [0.25, 0.3) is 19.5 Å². The van der Waals surface area contributed by atoms with Crippen molar-refractivity contribution in [2.45, 2.75) is 6.42 Å². The van der Waals surface area contributed by atoms with Crippen LogP contribution in [0.5, 0.6) is 0 Å². The summed E-state index contributed by atoms with van der Waals surface area (Å²) in [4.78, 5) is 6.89. The fourth-order valence-electron chi connectivity index (χ4n) is 1.78. The Kier molecular flexibility index (Phi) is 3.89. The van der Waals surface area contributed by atoms with E-state index in [0.717, 1.165) is 12.2 Å². The van der Waals surface area contributed by atoms with E-state index in [9.17, 15) is 0 Å². The average Bonchev–Trinajstić information content (AvgIpc) is 3.10. The molecule has 0 nitrogen and oxygen atoms in total. The highest BCUT2D eigenvalue weighted by Gasteiger charge is 2.07. The molecule has 0 atom stereocenters. The van der Waals surface area contributed by atoms with Crippen LogP contribution in [0.3, 0.4) is 0 Å². The Bertz CT molecular complexity index is 616. The molecule has 0 fully saturated rings. The van der Waals surface area contributed by atoms with Gasteiger partial charge in [0, 0.05) is 24.4 Å². The maximum absolute atomic E-state index is 4.28. The zero-order valence-electron chi connectivity index (χ0n) is 9.63. The van der Waals surface area contributed by atoms with E-state index in [-0.39, 0.29) is 0 Å². The van der Waals surface area contributed by atoms with Gasteiger partial charge in [-0.05, 0) is 47.9 Å². The standard InChI is InChI=1S/C14H12S4/c15-8-7-10-3-4-13(17-10)14-6-5-12(18-14)11-2-1-9-16-11/h1-6,9,15H,7-8H2. The van der Waals surface area contributed by atoms with Crippen LogP contribution in [-0.4, -0.2) is 5.75 Å². The summed E-state index contributed by atoms with van der Waals surface area (Å²) in [6.45, 7) is 0. The summed E-state index contributed by atoms with van der Waals surface area (Å²) in [5, 5.41) is 2.13. The molecule has 0 aliphatic heterocycles. The highest BCUT2D eigenvalue weighted by atomic mass is 32.1. The lowest BCUT2D eigenvalue weighted by molar-refractivity contribution is 1.21. The van der Waals surface area contributed by atoms with E-state index in [1.165, 1.54) is 24.4 Å². The Hall–Kier alpha value is -0.550. The predicted octanol–water partition coefficient (Wildman–Crippen LogP) is 5.68. The topological polar surface area (TPSA) is 0 Å². The van der Waals surface area contributed by atoms with Gasteiger partial charge in [-0.25, -0.2) is 0 Å². The number of hydrogen-bond acceptors (Lipinski definition) is 4. The first-order valence-electron chi connectivity index (χ1n) is 5.70. The fraction of sp³-hybridized carbons (Fsp3) is 0.143. The highest BCUT2D eigenvalue weighted by Crippen LogP contribution is 2.39. The van der Waals surface area contributed by atoms with Gasteiger partial charge in [-0.2, -0.15) is 12.6 Å². The van der Waals surface area contributed by atoms with Gasteiger partial charge in [0.1, 0.15) is 0 Å². The predicted molar refractivity (Wildman–Crippen MR) is 88.5 cm³/mol. The van der Waals surface area contributed by atoms with Crippen molar-refractivity contribution in [3.05, 3.63) is 46.7 Å². The summed E-state index contributed by atoms with van der Waals surface area (Å²) in [6.07, 6.45) is 1.07. The molecule has 0 aliphatic rings. The minimum absolute atomic E-state index is 0.921. The van der Waals surface area contributed by atoms with Crippen LogP contribution in [0.15, 0.2) is 41.8 Å². The number of hydrogen-bond donors (Lipinski definition) is 1. The van der Waals surface area contributed by atoms with Crippen LogP contribution >= 0.6 is 46.6 Å². The van der Waals surface area contributed by atoms with Gasteiger partial charge in [0.25, 0.3) is 0 Å². The summed E-state index contributed by atoms with van der Waals surface area (Å²) in [6, 6.07) is 13.2. The van der Waals surface area contributed by atoms with E-state index in [0.29, 0.717) is 0 Å². The molecule has 3 rings (SSSR count). The second kappa shape index (κ2) is 5.61. The lowest BCUT2D eigenvalue weighted by Gasteiger charge is -1.91. The van der Waals surface area contributed by atoms with Crippen LogP contribution < -0.4 is 0 Å². The van der Waals surface area contributed by atoms with Crippen molar-refractivity contribution >= 4 is 46.6 Å². The third kappa shape index (κ3) is 2.57. The van der Waals surface area contributed by atoms with Crippen LogP contribution in [0.1, 0.15) is 4.88 Å². The summed E-state index contributed by atoms with van der Waals surface area (Å²) < 4.78 is 0. The number of aryl methyl sites for hydroxylation is 1. The maximum Gasteiger partial charge on any atom is 0.0449 e. The fourth-order valence-corrected chi connectivity index (χ4v) is 5.11. The van der Waals surface area contributed by atoms with E-state index in [2.05, 4.69) is 54.4 Å². The Morgan fingerprint density at radius 2 is 1.56 bits per heavy atom. The molecular formula is C14H12S4. The minimum Gasteiger partial charge on any atom is -0.179 e. The molecule has 0 unspecified atom stereocenters. The maximum atomic E-state index is 4.28. The summed E-state index contributed by atoms with van der Waals surface area (Å²) in [7, 11) is 0. The molecule has 0 spiro atoms. The van der Waals surface area contributed by atoms with E-state index >= 15 is 0 Å². The van der Waals surface area contributed by atoms with Crippen LogP contribution in [0, 0.1) is 0 Å². The third-order valence-electron chi connectivity index (χ3n) is 2.63. The van der Waals surface area contributed by atoms with Gasteiger partial charge in [0.05, 0.1) is 0 Å². The molecule has 0 saturated carbocycles. The van der Waals surface area contributed by atoms with Gasteiger partial charge in [-0.3, -0.25) is 0 Å². The van der Waals surface area contributed by atoms with Gasteiger partial charge in [0.2, 0.25) is 0 Å². The Morgan fingerprint density at radius 1 is 0.833 bits per heavy atom. The molecule has 0 radical (unpaired) electrons. The van der Waals surface area contributed by atoms with Crippen molar-refractivity contribution in [3.8, 4) is 19.5 Å². The second-order valence-electron chi connectivity index (χ2n) is 3.88. The Balaban J connectivity index is 1.88. The van der Waals surface area contributed by atoms with Gasteiger partial charge >= 0.3 is 0 Å². The molecule has 92 valence electrons. The van der Waals surface area contributed by atoms with Crippen LogP contribution in [0.4, 0.5) is 0 Å². The quantitative estimate of drug-likeness (QED) is 0.589. The van der Waals surface area contributed by atoms with E-state index < -0.39 is 0 Å². The molecule has 3 heterocycles. The van der Waals surface area contributed by atoms with Crippen molar-refractivity contribution in [2.24, 2.45) is 0 Å². The van der Waals surface area contributed by atoms with Crippen molar-refractivity contribution < 1.29 is 0 Å². The van der Waals surface area contributed by atoms with Gasteiger partial charge in [-0.15, -0.1) is 34.0 Å². The molecule has 0 N–H and O–H groups in total. The Labute approximate surface area is 124 Å². The molecular weight excluding hydrogens is 296 g/mol. The molecule has 18 heavy (non-hydrogen) atoms. The molecule has 0 aromatic carbocycles. The lowest BCUT2D eigenvalue weighted by Crippen LogP contribution is -1.77. The largest absolute Gasteiger partial charge is 0.179 e. The SMILES string of the molecule is SCCc1ccc(-c2ccc(-c3cccs3)s2)s1. The molecule has 4 heteroatoms. The van der Waals surface area contributed by atoms with E-state index in [1.807, 2.05) is 22.7 Å². The van der Waals surface area contributed by atoms with Gasteiger partial charge in [-0.1, -0.05) is 6.07 Å². The molecule has 0 amide bonds. The minimum atomic E-state index is 0.921. The summed E-state index contributed by atoms with van der Waals surface area (Å²) >= 11 is 9.85. The lowest BCUT2D eigenvalue weighted by atomic mass is 10.3. The smallest absolute Gasteiger partial charge is 0.0449 e. The monoisotopic (exact) mass is 308 g/mol. The number of thiol groups is 1. The van der Waals surface area contributed by atoms with Crippen molar-refractivity contribution in [2.75, 3.05) is 5.75 Å². The first-order chi connectivity index (χ1) is 8.86.